The van der Waals surface area contributed by atoms with Gasteiger partial charge in [-0.15, -0.1) is 0 Å². The van der Waals surface area contributed by atoms with E-state index in [1.54, 1.807) is 17.6 Å². The summed E-state index contributed by atoms with van der Waals surface area (Å²) in [5.41, 5.74) is 3.35. The minimum Gasteiger partial charge on any atom is -0.458 e. The van der Waals surface area contributed by atoms with Crippen LogP contribution in [0.15, 0.2) is 34.0 Å². The van der Waals surface area contributed by atoms with Gasteiger partial charge in [0.25, 0.3) is 5.56 Å². The van der Waals surface area contributed by atoms with Crippen LogP contribution in [-0.2, 0) is 28.3 Å². The number of rotatable bonds is 3. The molecule has 1 N–H and O–H groups in total. The molecule has 182 valence electrons. The molecule has 0 fully saturated rings. The molecule has 0 saturated carbocycles. The smallest absolute Gasteiger partial charge is 0.343 e. The summed E-state index contributed by atoms with van der Waals surface area (Å²) in [6.07, 6.45) is 4.82. The average Bonchev–Trinajstić information content (AvgIpc) is 3.17. The number of cyclic esters (lactones) is 1. The fourth-order valence-electron chi connectivity index (χ4n) is 5.20. The Balaban J connectivity index is 1.88. The summed E-state index contributed by atoms with van der Waals surface area (Å²) in [7, 11) is 1.77. The second-order valence-electron chi connectivity index (χ2n) is 11.0. The van der Waals surface area contributed by atoms with Gasteiger partial charge in [-0.05, 0) is 35.8 Å². The van der Waals surface area contributed by atoms with Crippen molar-refractivity contribution in [1.82, 2.24) is 9.55 Å². The highest BCUT2D eigenvalue weighted by Gasteiger charge is 2.46. The molecule has 9 heteroatoms. The van der Waals surface area contributed by atoms with Crippen LogP contribution in [-0.4, -0.2) is 52.8 Å². The molecule has 2 aliphatic heterocycles. The fourth-order valence-corrected chi connectivity index (χ4v) is 7.30. The van der Waals surface area contributed by atoms with Crippen molar-refractivity contribution in [2.45, 2.75) is 62.5 Å². The number of aromatic nitrogens is 2. The maximum atomic E-state index is 13.7. The zero-order valence-electron chi connectivity index (χ0n) is 21.6. The zero-order chi connectivity index (χ0) is 25.5. The lowest BCUT2D eigenvalue weighted by atomic mass is 9.51. The lowest BCUT2D eigenvalue weighted by Crippen LogP contribution is -2.44. The molecule has 0 radical (unpaired) electrons. The van der Waals surface area contributed by atoms with Crippen molar-refractivity contribution in [3.05, 3.63) is 51.3 Å². The van der Waals surface area contributed by atoms with E-state index in [4.69, 9.17) is 9.72 Å². The van der Waals surface area contributed by atoms with Gasteiger partial charge in [0.1, 0.15) is 13.8 Å². The van der Waals surface area contributed by atoms with Crippen LogP contribution in [0, 0.1) is 0 Å². The summed E-state index contributed by atoms with van der Waals surface area (Å²) in [5.74, 6) is -0.701. The molecule has 0 amide bonds. The van der Waals surface area contributed by atoms with Crippen LogP contribution in [0.1, 0.15) is 50.8 Å². The molecular formula is C26H32B2N2O4S. The first-order valence-corrected chi connectivity index (χ1v) is 14.7. The number of hydrogen-bond acceptors (Lipinski definition) is 5. The second kappa shape index (κ2) is 7.74. The topological polar surface area (TPSA) is 81.4 Å². The van der Waals surface area contributed by atoms with E-state index in [1.165, 1.54) is 10.4 Å². The predicted octanol–water partition coefficient (Wildman–Crippen LogP) is 1.91. The Morgan fingerprint density at radius 1 is 1.23 bits per heavy atom. The van der Waals surface area contributed by atoms with Crippen LogP contribution >= 0.6 is 10.0 Å². The first kappa shape index (κ1) is 24.2. The van der Waals surface area contributed by atoms with Gasteiger partial charge in [0, 0.05) is 21.4 Å². The molecule has 35 heavy (non-hydrogen) atoms. The third-order valence-electron chi connectivity index (χ3n) is 8.15. The first-order valence-electron chi connectivity index (χ1n) is 12.2. The molecule has 2 aliphatic rings. The number of carbonyl (C=O) groups excluding carboxylic acids is 1. The van der Waals surface area contributed by atoms with Gasteiger partial charge in [-0.2, -0.15) is 0 Å². The molecule has 0 spiro atoms. The van der Waals surface area contributed by atoms with Crippen molar-refractivity contribution in [1.29, 1.82) is 0 Å². The van der Waals surface area contributed by atoms with Crippen molar-refractivity contribution in [3.8, 4) is 11.4 Å². The van der Waals surface area contributed by atoms with Gasteiger partial charge in [0.15, 0.2) is 5.60 Å². The average molecular weight is 490 g/mol. The highest BCUT2D eigenvalue weighted by molar-refractivity contribution is 8.33. The van der Waals surface area contributed by atoms with Crippen molar-refractivity contribution in [3.63, 3.8) is 0 Å². The Morgan fingerprint density at radius 2 is 1.94 bits per heavy atom. The van der Waals surface area contributed by atoms with Gasteiger partial charge in [0.05, 0.1) is 36.7 Å². The van der Waals surface area contributed by atoms with Gasteiger partial charge in [-0.25, -0.2) is 19.8 Å². The Bertz CT molecular complexity index is 1480. The molecular weight excluding hydrogens is 458 g/mol. The van der Waals surface area contributed by atoms with E-state index < -0.39 is 21.6 Å². The molecule has 3 aromatic rings. The van der Waals surface area contributed by atoms with E-state index in [2.05, 4.69) is 59.2 Å². The summed E-state index contributed by atoms with van der Waals surface area (Å²) in [5, 5.41) is 12.3. The Morgan fingerprint density at radius 3 is 2.57 bits per heavy atom. The van der Waals surface area contributed by atoms with Gasteiger partial charge >= 0.3 is 5.97 Å². The van der Waals surface area contributed by atoms with E-state index >= 15 is 0 Å². The third-order valence-corrected chi connectivity index (χ3v) is 12.7. The standard InChI is InChI=1S/C26H32B2N2O4S/c1-7-26(33)18-11-20-21-16(12-30(20)23(31)17(18)13-34-24(26)32)22(35(5,6)25(2,3)4)15-10-14(28-27)8-9-19(15)29-21/h8-11,28,33H,7,12-13,27H2,1-6H3. The largest absolute Gasteiger partial charge is 0.458 e. The lowest BCUT2D eigenvalue weighted by Gasteiger charge is -2.46. The van der Waals surface area contributed by atoms with E-state index in [0.29, 0.717) is 23.4 Å². The molecule has 0 saturated heterocycles. The van der Waals surface area contributed by atoms with Crippen LogP contribution in [0.4, 0.5) is 0 Å². The van der Waals surface area contributed by atoms with E-state index in [1.807, 2.05) is 0 Å². The van der Waals surface area contributed by atoms with Crippen molar-refractivity contribution < 1.29 is 14.6 Å². The number of hydrogen-bond donors (Lipinski definition) is 1. The van der Waals surface area contributed by atoms with E-state index in [0.717, 1.165) is 29.3 Å². The molecule has 1 unspecified atom stereocenters. The maximum Gasteiger partial charge on any atom is 0.343 e. The lowest BCUT2D eigenvalue weighted by molar-refractivity contribution is -0.172. The van der Waals surface area contributed by atoms with Crippen LogP contribution < -0.4 is 11.0 Å². The highest BCUT2D eigenvalue weighted by atomic mass is 32.3. The van der Waals surface area contributed by atoms with E-state index in [-0.39, 0.29) is 23.3 Å². The predicted molar refractivity (Wildman–Crippen MR) is 147 cm³/mol. The fraction of sp³-hybridized carbons (Fsp3) is 0.423. The second-order valence-corrected chi connectivity index (χ2v) is 15.3. The number of pyridine rings is 2. The zero-order valence-corrected chi connectivity index (χ0v) is 22.4. The quantitative estimate of drug-likeness (QED) is 0.351. The van der Waals surface area contributed by atoms with Crippen molar-refractivity contribution in [2.24, 2.45) is 0 Å². The molecule has 0 bridgehead atoms. The Labute approximate surface area is 209 Å². The van der Waals surface area contributed by atoms with E-state index in [9.17, 15) is 14.7 Å². The molecule has 2 aromatic heterocycles. The summed E-state index contributed by atoms with van der Waals surface area (Å²) in [6.45, 7) is 8.87. The number of benzene rings is 1. The number of carbonyl (C=O) groups is 1. The number of aliphatic hydroxyl groups is 1. The number of ether oxygens (including phenoxy) is 1. The van der Waals surface area contributed by atoms with Crippen LogP contribution in [0.2, 0.25) is 0 Å². The summed E-state index contributed by atoms with van der Waals surface area (Å²) >= 11 is 0. The Kier molecular flexibility index (Phi) is 5.35. The van der Waals surface area contributed by atoms with Gasteiger partial charge in [-0.3, -0.25) is 4.79 Å². The maximum absolute atomic E-state index is 13.7. The Hall–Kier alpha value is -2.51. The minimum absolute atomic E-state index is 0.0268. The van der Waals surface area contributed by atoms with Crippen molar-refractivity contribution >= 4 is 47.3 Å². The summed E-state index contributed by atoms with van der Waals surface area (Å²) < 4.78 is 7.00. The number of nitrogens with zero attached hydrogens (tertiary/aromatic N) is 2. The van der Waals surface area contributed by atoms with Crippen LogP contribution in [0.5, 0.6) is 0 Å². The monoisotopic (exact) mass is 490 g/mol. The van der Waals surface area contributed by atoms with Gasteiger partial charge in [-0.1, -0.05) is 45.3 Å². The third kappa shape index (κ3) is 3.27. The molecule has 1 atom stereocenters. The summed E-state index contributed by atoms with van der Waals surface area (Å²) in [4.78, 5) is 32.5. The van der Waals surface area contributed by atoms with Gasteiger partial charge in [0.2, 0.25) is 0 Å². The number of fused-ring (bicyclic) bond motifs is 5. The molecule has 6 nitrogen and oxygen atoms in total. The normalized spacial score (nSPS) is 19.7. The van der Waals surface area contributed by atoms with Gasteiger partial charge < -0.3 is 14.4 Å². The molecule has 5 rings (SSSR count). The van der Waals surface area contributed by atoms with Crippen molar-refractivity contribution in [2.75, 3.05) is 12.5 Å². The highest BCUT2D eigenvalue weighted by Crippen LogP contribution is 2.63. The van der Waals surface area contributed by atoms with Crippen LogP contribution in [0.3, 0.4) is 0 Å². The van der Waals surface area contributed by atoms with Crippen LogP contribution in [0.25, 0.3) is 22.3 Å². The minimum atomic E-state index is -1.82. The molecule has 0 aliphatic carbocycles. The summed E-state index contributed by atoms with van der Waals surface area (Å²) in [6, 6.07) is 8.26. The first-order chi connectivity index (χ1) is 16.3. The number of esters is 1. The SMILES string of the molecule is BBc1ccc2nc3c(c(S(C)(C)C(C)(C)C)c2c1)Cn1c-3cc2c(c1=O)COC(=O)C2(O)CC. The molecule has 4 heterocycles. The molecule has 1 aromatic carbocycles.